The molecule has 0 fully saturated rings. The second-order valence-corrected chi connectivity index (χ2v) is 5.49. The number of benzene rings is 2. The van der Waals surface area contributed by atoms with Gasteiger partial charge in [-0.05, 0) is 55.5 Å². The number of hydrogen-bond donors (Lipinski definition) is 2. The number of amides is 1. The average molecular weight is 293 g/mol. The van der Waals surface area contributed by atoms with Gasteiger partial charge in [-0.25, -0.2) is 5.43 Å². The van der Waals surface area contributed by atoms with E-state index in [9.17, 15) is 4.79 Å². The Morgan fingerprint density at radius 3 is 2.55 bits per heavy atom. The molecule has 0 atom stereocenters. The van der Waals surface area contributed by atoms with Crippen molar-refractivity contribution in [3.8, 4) is 0 Å². The van der Waals surface area contributed by atoms with Gasteiger partial charge in [0.2, 0.25) is 0 Å². The molecule has 0 spiro atoms. The molecule has 0 radical (unpaired) electrons. The largest absolute Gasteiger partial charge is 0.399 e. The van der Waals surface area contributed by atoms with Crippen molar-refractivity contribution in [3.63, 3.8) is 0 Å². The summed E-state index contributed by atoms with van der Waals surface area (Å²) in [6.45, 7) is 0. The van der Waals surface area contributed by atoms with E-state index in [-0.39, 0.29) is 5.91 Å². The van der Waals surface area contributed by atoms with Gasteiger partial charge in [0.1, 0.15) is 0 Å². The van der Waals surface area contributed by atoms with Crippen molar-refractivity contribution < 1.29 is 4.79 Å². The van der Waals surface area contributed by atoms with Crippen molar-refractivity contribution in [1.82, 2.24) is 5.43 Å². The van der Waals surface area contributed by atoms with Crippen molar-refractivity contribution in [2.45, 2.75) is 25.7 Å². The average Bonchev–Trinajstić information content (AvgIpc) is 2.75. The van der Waals surface area contributed by atoms with E-state index >= 15 is 0 Å². The summed E-state index contributed by atoms with van der Waals surface area (Å²) in [7, 11) is 0. The summed E-state index contributed by atoms with van der Waals surface area (Å²) in [4.78, 5) is 12.1. The first-order valence-corrected chi connectivity index (χ1v) is 7.55. The SMILES string of the molecule is Nc1ccc(C(=O)N/N=C2/CCCCc3ccccc32)cc1. The van der Waals surface area contributed by atoms with Gasteiger partial charge in [0.15, 0.2) is 0 Å². The number of nitrogen functional groups attached to an aromatic ring is 1. The molecule has 0 saturated carbocycles. The zero-order valence-corrected chi connectivity index (χ0v) is 12.4. The molecule has 2 aromatic rings. The van der Waals surface area contributed by atoms with Gasteiger partial charge in [-0.3, -0.25) is 4.79 Å². The Kier molecular flexibility index (Phi) is 4.19. The maximum Gasteiger partial charge on any atom is 0.271 e. The van der Waals surface area contributed by atoms with Crippen LogP contribution in [0.5, 0.6) is 0 Å². The zero-order valence-electron chi connectivity index (χ0n) is 12.4. The predicted octanol–water partition coefficient (Wildman–Crippen LogP) is 3.13. The molecule has 1 amide bonds. The fourth-order valence-electron chi connectivity index (χ4n) is 2.70. The van der Waals surface area contributed by atoms with Gasteiger partial charge < -0.3 is 5.73 Å². The van der Waals surface area contributed by atoms with Gasteiger partial charge in [0.05, 0.1) is 5.71 Å². The lowest BCUT2D eigenvalue weighted by atomic mass is 10.0. The number of fused-ring (bicyclic) bond motifs is 1. The minimum absolute atomic E-state index is 0.214. The van der Waals surface area contributed by atoms with Crippen LogP contribution in [-0.2, 0) is 6.42 Å². The van der Waals surface area contributed by atoms with Crippen LogP contribution in [0.15, 0.2) is 53.6 Å². The molecule has 1 aliphatic carbocycles. The highest BCUT2D eigenvalue weighted by Gasteiger charge is 2.14. The zero-order chi connectivity index (χ0) is 15.4. The third kappa shape index (κ3) is 3.17. The van der Waals surface area contributed by atoms with Gasteiger partial charge in [-0.15, -0.1) is 0 Å². The molecule has 0 aromatic heterocycles. The molecule has 4 heteroatoms. The molecule has 0 heterocycles. The van der Waals surface area contributed by atoms with Crippen molar-refractivity contribution in [2.24, 2.45) is 5.10 Å². The lowest BCUT2D eigenvalue weighted by molar-refractivity contribution is 0.0955. The quantitative estimate of drug-likeness (QED) is 0.507. The van der Waals surface area contributed by atoms with Crippen LogP contribution in [-0.4, -0.2) is 11.6 Å². The van der Waals surface area contributed by atoms with Gasteiger partial charge in [0.25, 0.3) is 5.91 Å². The van der Waals surface area contributed by atoms with Gasteiger partial charge in [0, 0.05) is 16.8 Å². The number of nitrogens with zero attached hydrogens (tertiary/aromatic N) is 1. The Balaban J connectivity index is 1.80. The Morgan fingerprint density at radius 1 is 1.00 bits per heavy atom. The number of nitrogens with two attached hydrogens (primary N) is 1. The maximum atomic E-state index is 12.1. The molecule has 0 aliphatic heterocycles. The minimum atomic E-state index is -0.214. The molecule has 22 heavy (non-hydrogen) atoms. The van der Waals surface area contributed by atoms with Crippen LogP contribution in [0, 0.1) is 0 Å². The highest BCUT2D eigenvalue weighted by molar-refractivity contribution is 6.03. The fraction of sp³-hybridized carbons (Fsp3) is 0.222. The number of nitrogens with one attached hydrogen (secondary N) is 1. The Morgan fingerprint density at radius 2 is 1.73 bits per heavy atom. The first kappa shape index (κ1) is 14.3. The van der Waals surface area contributed by atoms with Crippen LogP contribution in [0.25, 0.3) is 0 Å². The molecule has 1 aliphatic rings. The summed E-state index contributed by atoms with van der Waals surface area (Å²) in [5.74, 6) is -0.214. The number of aryl methyl sites for hydroxylation is 1. The van der Waals surface area contributed by atoms with Crippen LogP contribution in [0.4, 0.5) is 5.69 Å². The van der Waals surface area contributed by atoms with Crippen LogP contribution < -0.4 is 11.2 Å². The summed E-state index contributed by atoms with van der Waals surface area (Å²) in [5.41, 5.74) is 12.9. The van der Waals surface area contributed by atoms with Gasteiger partial charge >= 0.3 is 0 Å². The molecule has 0 bridgehead atoms. The first-order chi connectivity index (χ1) is 10.7. The van der Waals surface area contributed by atoms with Crippen LogP contribution >= 0.6 is 0 Å². The molecule has 4 nitrogen and oxygen atoms in total. The van der Waals surface area contributed by atoms with Crippen molar-refractivity contribution in [1.29, 1.82) is 0 Å². The third-order valence-electron chi connectivity index (χ3n) is 3.90. The Labute approximate surface area is 130 Å². The summed E-state index contributed by atoms with van der Waals surface area (Å²) in [6.07, 6.45) is 4.20. The molecule has 3 N–H and O–H groups in total. The van der Waals surface area contributed by atoms with E-state index < -0.39 is 0 Å². The number of rotatable bonds is 2. The standard InChI is InChI=1S/C18H19N3O/c19-15-11-9-14(10-12-15)18(22)21-20-17-8-4-2-6-13-5-1-3-7-16(13)17/h1,3,5,7,9-12H,2,4,6,8,19H2,(H,21,22)/b20-17-. The molecule has 3 rings (SSSR count). The second kappa shape index (κ2) is 6.43. The van der Waals surface area contributed by atoms with E-state index in [0.29, 0.717) is 11.3 Å². The Hall–Kier alpha value is -2.62. The highest BCUT2D eigenvalue weighted by Crippen LogP contribution is 2.20. The topological polar surface area (TPSA) is 67.5 Å². The first-order valence-electron chi connectivity index (χ1n) is 7.55. The van der Waals surface area contributed by atoms with E-state index in [2.05, 4.69) is 28.7 Å². The van der Waals surface area contributed by atoms with Gasteiger partial charge in [-0.1, -0.05) is 24.3 Å². The maximum absolute atomic E-state index is 12.1. The summed E-state index contributed by atoms with van der Waals surface area (Å²) < 4.78 is 0. The van der Waals surface area contributed by atoms with E-state index in [4.69, 9.17) is 5.73 Å². The predicted molar refractivity (Wildman–Crippen MR) is 88.9 cm³/mol. The highest BCUT2D eigenvalue weighted by atomic mass is 16.2. The number of anilines is 1. The Bertz CT molecular complexity index is 705. The summed E-state index contributed by atoms with van der Waals surface area (Å²) >= 11 is 0. The number of carbonyl (C=O) groups excluding carboxylic acids is 1. The molecule has 0 saturated heterocycles. The molecular formula is C18H19N3O. The summed E-state index contributed by atoms with van der Waals surface area (Å²) in [6, 6.07) is 15.1. The lowest BCUT2D eigenvalue weighted by Gasteiger charge is -2.08. The van der Waals surface area contributed by atoms with Crippen molar-refractivity contribution >= 4 is 17.3 Å². The van der Waals surface area contributed by atoms with E-state index in [1.165, 1.54) is 5.56 Å². The molecule has 112 valence electrons. The molecular weight excluding hydrogens is 274 g/mol. The van der Waals surface area contributed by atoms with Crippen molar-refractivity contribution in [3.05, 3.63) is 65.2 Å². The van der Waals surface area contributed by atoms with E-state index in [0.717, 1.165) is 37.0 Å². The number of carbonyl (C=O) groups is 1. The smallest absolute Gasteiger partial charge is 0.271 e. The van der Waals surface area contributed by atoms with Crippen LogP contribution in [0.3, 0.4) is 0 Å². The second-order valence-electron chi connectivity index (χ2n) is 5.49. The van der Waals surface area contributed by atoms with E-state index in [1.807, 2.05) is 6.07 Å². The third-order valence-corrected chi connectivity index (χ3v) is 3.90. The number of hydrazone groups is 1. The number of hydrogen-bond acceptors (Lipinski definition) is 3. The lowest BCUT2D eigenvalue weighted by Crippen LogP contribution is -2.20. The summed E-state index contributed by atoms with van der Waals surface area (Å²) in [5, 5.41) is 4.37. The molecule has 0 unspecified atom stereocenters. The van der Waals surface area contributed by atoms with E-state index in [1.54, 1.807) is 24.3 Å². The minimum Gasteiger partial charge on any atom is -0.399 e. The van der Waals surface area contributed by atoms with Crippen LogP contribution in [0.2, 0.25) is 0 Å². The molecule has 2 aromatic carbocycles. The van der Waals surface area contributed by atoms with Gasteiger partial charge in [-0.2, -0.15) is 5.10 Å². The fourth-order valence-corrected chi connectivity index (χ4v) is 2.70. The normalized spacial score (nSPS) is 15.9. The monoisotopic (exact) mass is 293 g/mol. The van der Waals surface area contributed by atoms with Crippen LogP contribution in [0.1, 0.15) is 40.7 Å². The van der Waals surface area contributed by atoms with Crippen molar-refractivity contribution in [2.75, 3.05) is 5.73 Å².